The van der Waals surface area contributed by atoms with Gasteiger partial charge in [0.1, 0.15) is 0 Å². The molecule has 0 saturated carbocycles. The Morgan fingerprint density at radius 2 is 2.26 bits per heavy atom. The molecule has 1 fully saturated rings. The van der Waals surface area contributed by atoms with Crippen LogP contribution in [0, 0.1) is 12.8 Å². The fourth-order valence-electron chi connectivity index (χ4n) is 2.13. The molecule has 1 aliphatic rings. The van der Waals surface area contributed by atoms with E-state index in [0.717, 1.165) is 31.6 Å². The van der Waals surface area contributed by atoms with Crippen LogP contribution < -0.4 is 10.0 Å². The smallest absolute Gasteiger partial charge is 0.212 e. The second-order valence-corrected chi connectivity index (χ2v) is 6.82. The van der Waals surface area contributed by atoms with E-state index < -0.39 is 10.0 Å². The maximum Gasteiger partial charge on any atom is 0.212 e. The van der Waals surface area contributed by atoms with Crippen LogP contribution in [0.25, 0.3) is 0 Å². The van der Waals surface area contributed by atoms with Crippen molar-refractivity contribution in [1.29, 1.82) is 0 Å². The van der Waals surface area contributed by atoms with Gasteiger partial charge in [-0.15, -0.1) is 0 Å². The van der Waals surface area contributed by atoms with Crippen LogP contribution in [0.15, 0.2) is 12.4 Å². The van der Waals surface area contributed by atoms with Crippen LogP contribution >= 0.6 is 0 Å². The van der Waals surface area contributed by atoms with Gasteiger partial charge < -0.3 is 5.32 Å². The lowest BCUT2D eigenvalue weighted by molar-refractivity contribution is 0.402. The Morgan fingerprint density at radius 1 is 1.42 bits per heavy atom. The summed E-state index contributed by atoms with van der Waals surface area (Å²) in [6, 6.07) is 0. The molecule has 2 N–H and O–H groups in total. The molecule has 0 spiro atoms. The van der Waals surface area contributed by atoms with E-state index in [2.05, 4.69) is 20.0 Å². The molecule has 6 nitrogen and oxygen atoms in total. The third-order valence-electron chi connectivity index (χ3n) is 3.16. The lowest BCUT2D eigenvalue weighted by Crippen LogP contribution is -2.37. The Labute approximate surface area is 114 Å². The van der Waals surface area contributed by atoms with Crippen LogP contribution in [0.1, 0.15) is 24.2 Å². The number of hydrogen-bond acceptors (Lipinski definition) is 5. The van der Waals surface area contributed by atoms with Gasteiger partial charge in [0.2, 0.25) is 10.0 Å². The predicted octanol–water partition coefficient (Wildman–Crippen LogP) is 0.204. The fraction of sp³-hybridized carbons (Fsp3) is 0.667. The molecular formula is C12H20N4O2S. The van der Waals surface area contributed by atoms with Crippen molar-refractivity contribution < 1.29 is 8.42 Å². The van der Waals surface area contributed by atoms with E-state index in [1.165, 1.54) is 0 Å². The number of rotatable bonds is 5. The second-order valence-electron chi connectivity index (χ2n) is 4.96. The SMILES string of the molecule is Cc1cnc(CNS(=O)(=O)CC2CCCNC2)cn1. The minimum absolute atomic E-state index is 0.180. The van der Waals surface area contributed by atoms with Crippen LogP contribution in [-0.4, -0.2) is 37.2 Å². The second kappa shape index (κ2) is 6.40. The molecule has 1 saturated heterocycles. The summed E-state index contributed by atoms with van der Waals surface area (Å²) in [7, 11) is -3.25. The number of sulfonamides is 1. The van der Waals surface area contributed by atoms with Crippen LogP contribution in [0.4, 0.5) is 0 Å². The first-order valence-corrected chi connectivity index (χ1v) is 8.16. The summed E-state index contributed by atoms with van der Waals surface area (Å²) >= 11 is 0. The van der Waals surface area contributed by atoms with Crippen LogP contribution in [0.3, 0.4) is 0 Å². The van der Waals surface area contributed by atoms with Crippen molar-refractivity contribution in [3.63, 3.8) is 0 Å². The first-order valence-electron chi connectivity index (χ1n) is 6.51. The molecule has 19 heavy (non-hydrogen) atoms. The van der Waals surface area contributed by atoms with Gasteiger partial charge in [0, 0.05) is 6.20 Å². The Kier molecular flexibility index (Phi) is 4.84. The van der Waals surface area contributed by atoms with Crippen molar-refractivity contribution in [2.24, 2.45) is 5.92 Å². The average molecular weight is 284 g/mol. The zero-order chi connectivity index (χ0) is 13.7. The molecule has 2 heterocycles. The van der Waals surface area contributed by atoms with Gasteiger partial charge in [-0.2, -0.15) is 0 Å². The molecule has 1 atom stereocenters. The van der Waals surface area contributed by atoms with Gasteiger partial charge in [-0.3, -0.25) is 9.97 Å². The molecular weight excluding hydrogens is 264 g/mol. The predicted molar refractivity (Wildman–Crippen MR) is 73.0 cm³/mol. The first-order chi connectivity index (χ1) is 9.05. The summed E-state index contributed by atoms with van der Waals surface area (Å²) in [4.78, 5) is 8.21. The van der Waals surface area contributed by atoms with Gasteiger partial charge >= 0.3 is 0 Å². The maximum atomic E-state index is 12.0. The van der Waals surface area contributed by atoms with E-state index in [1.54, 1.807) is 12.4 Å². The molecule has 1 aliphatic heterocycles. The Bertz CT molecular complexity index is 495. The van der Waals surface area contributed by atoms with E-state index in [4.69, 9.17) is 0 Å². The maximum absolute atomic E-state index is 12.0. The Balaban J connectivity index is 1.84. The molecule has 1 aromatic rings. The van der Waals surface area contributed by atoms with E-state index in [9.17, 15) is 8.42 Å². The molecule has 0 aromatic carbocycles. The van der Waals surface area contributed by atoms with E-state index in [0.29, 0.717) is 5.69 Å². The summed E-state index contributed by atoms with van der Waals surface area (Å²) in [6.45, 7) is 3.82. The lowest BCUT2D eigenvalue weighted by Gasteiger charge is -2.22. The van der Waals surface area contributed by atoms with Crippen molar-refractivity contribution in [1.82, 2.24) is 20.0 Å². The average Bonchev–Trinajstić information content (AvgIpc) is 2.39. The van der Waals surface area contributed by atoms with Gasteiger partial charge in [-0.1, -0.05) is 0 Å². The van der Waals surface area contributed by atoms with Crippen LogP contribution in [0.2, 0.25) is 0 Å². The van der Waals surface area contributed by atoms with E-state index in [-0.39, 0.29) is 18.2 Å². The molecule has 0 bridgehead atoms. The summed E-state index contributed by atoms with van der Waals surface area (Å²) < 4.78 is 26.5. The first kappa shape index (κ1) is 14.4. The highest BCUT2D eigenvalue weighted by atomic mass is 32.2. The number of aryl methyl sites for hydroxylation is 1. The molecule has 0 amide bonds. The minimum Gasteiger partial charge on any atom is -0.316 e. The third kappa shape index (κ3) is 4.85. The van der Waals surface area contributed by atoms with Gasteiger partial charge in [0.05, 0.1) is 29.9 Å². The molecule has 2 rings (SSSR count). The van der Waals surface area contributed by atoms with Crippen molar-refractivity contribution in [2.45, 2.75) is 26.3 Å². The Hall–Kier alpha value is -1.05. The third-order valence-corrected chi connectivity index (χ3v) is 4.66. The molecule has 106 valence electrons. The number of hydrogen-bond donors (Lipinski definition) is 2. The van der Waals surface area contributed by atoms with Gasteiger partial charge in [0.15, 0.2) is 0 Å². The monoisotopic (exact) mass is 284 g/mol. The van der Waals surface area contributed by atoms with Crippen molar-refractivity contribution >= 4 is 10.0 Å². The lowest BCUT2D eigenvalue weighted by atomic mass is 10.0. The molecule has 7 heteroatoms. The summed E-state index contributed by atoms with van der Waals surface area (Å²) in [5, 5.41) is 3.22. The molecule has 0 radical (unpaired) electrons. The van der Waals surface area contributed by atoms with E-state index >= 15 is 0 Å². The fourth-order valence-corrected chi connectivity index (χ4v) is 3.52. The quantitative estimate of drug-likeness (QED) is 0.807. The topological polar surface area (TPSA) is 84.0 Å². The van der Waals surface area contributed by atoms with Crippen molar-refractivity contribution in [2.75, 3.05) is 18.8 Å². The number of aromatic nitrogens is 2. The summed E-state index contributed by atoms with van der Waals surface area (Å²) in [5.74, 6) is 0.384. The highest BCUT2D eigenvalue weighted by Gasteiger charge is 2.20. The summed E-state index contributed by atoms with van der Waals surface area (Å²) in [6.07, 6.45) is 5.25. The van der Waals surface area contributed by atoms with Crippen molar-refractivity contribution in [3.05, 3.63) is 23.8 Å². The number of nitrogens with one attached hydrogen (secondary N) is 2. The summed E-state index contributed by atoms with van der Waals surface area (Å²) in [5.41, 5.74) is 1.45. The number of nitrogens with zero attached hydrogens (tertiary/aromatic N) is 2. The zero-order valence-corrected chi connectivity index (χ0v) is 11.9. The molecule has 1 unspecified atom stereocenters. The van der Waals surface area contributed by atoms with E-state index in [1.807, 2.05) is 6.92 Å². The normalized spacial score (nSPS) is 20.4. The number of piperidine rings is 1. The highest BCUT2D eigenvalue weighted by molar-refractivity contribution is 7.89. The van der Waals surface area contributed by atoms with Gasteiger partial charge in [-0.25, -0.2) is 13.1 Å². The van der Waals surface area contributed by atoms with Crippen LogP contribution in [-0.2, 0) is 16.6 Å². The van der Waals surface area contributed by atoms with Gasteiger partial charge in [-0.05, 0) is 38.8 Å². The zero-order valence-electron chi connectivity index (χ0n) is 11.1. The van der Waals surface area contributed by atoms with Gasteiger partial charge in [0.25, 0.3) is 0 Å². The Morgan fingerprint density at radius 3 is 2.89 bits per heavy atom. The standard InChI is InChI=1S/C12H20N4O2S/c1-10-5-15-12(7-14-10)8-16-19(17,18)9-11-3-2-4-13-6-11/h5,7,11,13,16H,2-4,6,8-9H2,1H3. The highest BCUT2D eigenvalue weighted by Crippen LogP contribution is 2.12. The molecule has 1 aromatic heterocycles. The minimum atomic E-state index is -3.25. The van der Waals surface area contributed by atoms with Crippen LogP contribution in [0.5, 0.6) is 0 Å². The molecule has 0 aliphatic carbocycles. The van der Waals surface area contributed by atoms with Crippen molar-refractivity contribution in [3.8, 4) is 0 Å². The largest absolute Gasteiger partial charge is 0.316 e.